The third kappa shape index (κ3) is 6.52. The number of para-hydroxylation sites is 1. The molecule has 0 saturated carbocycles. The molecule has 1 heterocycles. The molecule has 64 heavy (non-hydrogen) atoms. The molecule has 0 unspecified atom stereocenters. The Labute approximate surface area is 373 Å². The quantitative estimate of drug-likeness (QED) is 0.148. The highest BCUT2D eigenvalue weighted by molar-refractivity contribution is 6.17. The molecule has 0 spiro atoms. The van der Waals surface area contributed by atoms with Gasteiger partial charge in [-0.25, -0.2) is 0 Å². The summed E-state index contributed by atoms with van der Waals surface area (Å²) in [5.41, 5.74) is 16.4. The normalized spacial score (nSPS) is 11.4. The zero-order valence-corrected chi connectivity index (χ0v) is 35.1. The zero-order chi connectivity index (χ0) is 42.4. The second-order valence-corrected chi connectivity index (χ2v) is 16.5. The van der Waals surface area contributed by atoms with Gasteiger partial charge >= 0.3 is 0 Å². The predicted molar refractivity (Wildman–Crippen MR) is 272 cm³/mol. The highest BCUT2D eigenvalue weighted by Gasteiger charge is 2.20. The first kappa shape index (κ1) is 37.3. The van der Waals surface area contributed by atoms with Crippen LogP contribution in [0.2, 0.25) is 0 Å². The minimum absolute atomic E-state index is 1.09. The van der Waals surface area contributed by atoms with Gasteiger partial charge in [0.15, 0.2) is 0 Å². The first-order chi connectivity index (χ1) is 31.7. The summed E-state index contributed by atoms with van der Waals surface area (Å²) >= 11 is 0. The highest BCUT2D eigenvalue weighted by Crippen LogP contribution is 2.43. The number of benzene rings is 11. The van der Waals surface area contributed by atoms with Crippen LogP contribution in [0.1, 0.15) is 0 Å². The van der Waals surface area contributed by atoms with E-state index in [1.807, 2.05) is 0 Å². The van der Waals surface area contributed by atoms with Crippen molar-refractivity contribution in [2.45, 2.75) is 0 Å². The molecule has 0 atom stereocenters. The molecule has 11 aromatic carbocycles. The molecular formula is C62H42N2. The Balaban J connectivity index is 1.02. The maximum absolute atomic E-state index is 2.41. The summed E-state index contributed by atoms with van der Waals surface area (Å²) in [6.45, 7) is 0. The Kier molecular flexibility index (Phi) is 9.20. The molecule has 12 rings (SSSR count). The average Bonchev–Trinajstić information content (AvgIpc) is 3.71. The van der Waals surface area contributed by atoms with Crippen LogP contribution in [0.25, 0.3) is 93.5 Å². The smallest absolute Gasteiger partial charge is 0.0547 e. The summed E-state index contributed by atoms with van der Waals surface area (Å²) in [5, 5.41) is 7.46. The molecular weight excluding hydrogens is 773 g/mol. The van der Waals surface area contributed by atoms with E-state index in [1.54, 1.807) is 0 Å². The average molecular weight is 815 g/mol. The maximum atomic E-state index is 2.41. The van der Waals surface area contributed by atoms with Crippen molar-refractivity contribution in [3.63, 3.8) is 0 Å². The monoisotopic (exact) mass is 814 g/mol. The number of hydrogen-bond acceptors (Lipinski definition) is 1. The van der Waals surface area contributed by atoms with Gasteiger partial charge in [-0.05, 0) is 133 Å². The number of rotatable bonds is 8. The molecule has 0 aliphatic carbocycles. The molecule has 0 fully saturated rings. The topological polar surface area (TPSA) is 8.17 Å². The highest BCUT2D eigenvalue weighted by atomic mass is 15.1. The van der Waals surface area contributed by atoms with E-state index < -0.39 is 0 Å². The molecule has 1 aromatic heterocycles. The summed E-state index contributed by atoms with van der Waals surface area (Å²) in [7, 11) is 0. The number of fused-ring (bicyclic) bond motifs is 5. The summed E-state index contributed by atoms with van der Waals surface area (Å²) in [5.74, 6) is 0. The van der Waals surface area contributed by atoms with Crippen molar-refractivity contribution in [3.05, 3.63) is 255 Å². The minimum atomic E-state index is 1.09. The van der Waals surface area contributed by atoms with Crippen LogP contribution in [0.4, 0.5) is 17.1 Å². The Hall–Kier alpha value is -8.46. The number of nitrogens with zero attached hydrogens (tertiary/aromatic N) is 2. The van der Waals surface area contributed by atoms with E-state index in [0.717, 1.165) is 28.3 Å². The van der Waals surface area contributed by atoms with Gasteiger partial charge in [0.1, 0.15) is 0 Å². The lowest BCUT2D eigenvalue weighted by Gasteiger charge is -2.26. The second kappa shape index (κ2) is 15.8. The van der Waals surface area contributed by atoms with Crippen LogP contribution in [0.3, 0.4) is 0 Å². The third-order valence-corrected chi connectivity index (χ3v) is 12.8. The molecule has 2 heteroatoms. The molecule has 0 aliphatic rings. The van der Waals surface area contributed by atoms with Gasteiger partial charge in [0.2, 0.25) is 0 Å². The van der Waals surface area contributed by atoms with Crippen molar-refractivity contribution >= 4 is 60.4 Å². The van der Waals surface area contributed by atoms with Crippen LogP contribution < -0.4 is 4.90 Å². The van der Waals surface area contributed by atoms with E-state index in [0.29, 0.717) is 0 Å². The number of anilines is 3. The predicted octanol–water partition coefficient (Wildman–Crippen LogP) is 17.2. The van der Waals surface area contributed by atoms with Gasteiger partial charge in [-0.15, -0.1) is 0 Å². The Morgan fingerprint density at radius 1 is 0.266 bits per heavy atom. The van der Waals surface area contributed by atoms with Crippen molar-refractivity contribution in [2.24, 2.45) is 0 Å². The molecule has 12 aromatic rings. The van der Waals surface area contributed by atoms with Gasteiger partial charge in [-0.1, -0.05) is 188 Å². The SMILES string of the molecule is c1ccc(-c2ccc3c(c2)c2c(-c4cccc(N(c5ccc(-c6cccc7ccccc67)cc5)c5ccc(-c6cccc7ccccc67)cc5)c4)cccc2n3-c2ccccc2)cc1. The van der Waals surface area contributed by atoms with Crippen LogP contribution in [0.15, 0.2) is 255 Å². The van der Waals surface area contributed by atoms with Gasteiger partial charge in [-0.3, -0.25) is 0 Å². The number of hydrogen-bond donors (Lipinski definition) is 0. The fourth-order valence-electron chi connectivity index (χ4n) is 9.77. The zero-order valence-electron chi connectivity index (χ0n) is 35.1. The maximum Gasteiger partial charge on any atom is 0.0547 e. The largest absolute Gasteiger partial charge is 0.310 e. The van der Waals surface area contributed by atoms with Crippen LogP contribution in [0.5, 0.6) is 0 Å². The van der Waals surface area contributed by atoms with Gasteiger partial charge in [-0.2, -0.15) is 0 Å². The van der Waals surface area contributed by atoms with Crippen molar-refractivity contribution < 1.29 is 0 Å². The minimum Gasteiger partial charge on any atom is -0.310 e. The molecule has 300 valence electrons. The van der Waals surface area contributed by atoms with E-state index in [4.69, 9.17) is 0 Å². The van der Waals surface area contributed by atoms with Crippen LogP contribution >= 0.6 is 0 Å². The fourth-order valence-corrected chi connectivity index (χ4v) is 9.77. The Morgan fingerprint density at radius 3 is 1.41 bits per heavy atom. The number of aromatic nitrogens is 1. The molecule has 0 aliphatic heterocycles. The molecule has 0 bridgehead atoms. The standard InChI is InChI=1S/C62H42N2/c1-3-15-43(16-4-1)48-35-40-60-59(42-48)62-58(29-14-30-61(62)64(60)50-22-5-2-6-23-50)49-21-11-24-53(41-49)63(51-36-31-46(32-37-51)56-27-12-19-44-17-7-9-25-54(44)56)52-38-33-47(34-39-52)57-28-13-20-45-18-8-10-26-55(45)57/h1-42H. The molecule has 0 amide bonds. The Morgan fingerprint density at radius 2 is 0.766 bits per heavy atom. The van der Waals surface area contributed by atoms with Crippen LogP contribution in [-0.2, 0) is 0 Å². The first-order valence-corrected chi connectivity index (χ1v) is 22.0. The van der Waals surface area contributed by atoms with Crippen LogP contribution in [-0.4, -0.2) is 4.57 Å². The van der Waals surface area contributed by atoms with E-state index in [9.17, 15) is 0 Å². The lowest BCUT2D eigenvalue weighted by Crippen LogP contribution is -2.10. The van der Waals surface area contributed by atoms with E-state index in [1.165, 1.54) is 82.3 Å². The van der Waals surface area contributed by atoms with Gasteiger partial charge in [0, 0.05) is 33.5 Å². The van der Waals surface area contributed by atoms with Gasteiger partial charge < -0.3 is 9.47 Å². The molecule has 2 nitrogen and oxygen atoms in total. The van der Waals surface area contributed by atoms with Crippen molar-refractivity contribution in [3.8, 4) is 50.2 Å². The fraction of sp³-hybridized carbons (Fsp3) is 0. The summed E-state index contributed by atoms with van der Waals surface area (Å²) in [6.07, 6.45) is 0. The van der Waals surface area contributed by atoms with Gasteiger partial charge in [0.25, 0.3) is 0 Å². The van der Waals surface area contributed by atoms with E-state index >= 15 is 0 Å². The van der Waals surface area contributed by atoms with Crippen molar-refractivity contribution in [2.75, 3.05) is 4.90 Å². The Bertz CT molecular complexity index is 3510. The van der Waals surface area contributed by atoms with Crippen LogP contribution in [0, 0.1) is 0 Å². The molecule has 0 N–H and O–H groups in total. The second-order valence-electron chi connectivity index (χ2n) is 16.5. The molecule has 0 saturated heterocycles. The van der Waals surface area contributed by atoms with Crippen molar-refractivity contribution in [1.29, 1.82) is 0 Å². The summed E-state index contributed by atoms with van der Waals surface area (Å²) in [6, 6.07) is 92.7. The van der Waals surface area contributed by atoms with E-state index in [-0.39, 0.29) is 0 Å². The lowest BCUT2D eigenvalue weighted by molar-refractivity contribution is 1.18. The first-order valence-electron chi connectivity index (χ1n) is 22.0. The lowest BCUT2D eigenvalue weighted by atomic mass is 9.96. The molecule has 0 radical (unpaired) electrons. The third-order valence-electron chi connectivity index (χ3n) is 12.8. The summed E-state index contributed by atoms with van der Waals surface area (Å²) in [4.78, 5) is 2.39. The summed E-state index contributed by atoms with van der Waals surface area (Å²) < 4.78 is 2.41. The van der Waals surface area contributed by atoms with Crippen molar-refractivity contribution in [1.82, 2.24) is 4.57 Å². The van der Waals surface area contributed by atoms with E-state index in [2.05, 4.69) is 264 Å². The van der Waals surface area contributed by atoms with Gasteiger partial charge in [0.05, 0.1) is 11.0 Å².